The average molecular weight is 247 g/mol. The molecule has 1 aromatic carbocycles. The minimum absolute atomic E-state index is 0.150. The third kappa shape index (κ3) is 3.45. The number of hydrogen-bond donors (Lipinski definition) is 3. The predicted octanol–water partition coefficient (Wildman–Crippen LogP) is 2.32. The summed E-state index contributed by atoms with van der Waals surface area (Å²) < 4.78 is 0. The molecule has 0 aliphatic heterocycles. The Balaban J connectivity index is 2.90. The van der Waals surface area contributed by atoms with Crippen molar-refractivity contribution in [3.8, 4) is 5.75 Å². The number of aromatic hydroxyl groups is 1. The molecule has 0 aliphatic rings. The fraction of sp³-hybridized carbons (Fsp3) is 0.333. The quantitative estimate of drug-likeness (QED) is 0.648. The van der Waals surface area contributed by atoms with Crippen molar-refractivity contribution >= 4 is 0 Å². The lowest BCUT2D eigenvalue weighted by atomic mass is 9.98. The van der Waals surface area contributed by atoms with Crippen molar-refractivity contribution < 1.29 is 10.2 Å². The highest BCUT2D eigenvalue weighted by atomic mass is 16.3. The number of para-hydroxylation sites is 1. The Morgan fingerprint density at radius 1 is 1.33 bits per heavy atom. The monoisotopic (exact) mass is 247 g/mol. The Morgan fingerprint density at radius 3 is 2.67 bits per heavy atom. The van der Waals surface area contributed by atoms with Crippen molar-refractivity contribution in [2.75, 3.05) is 6.54 Å². The van der Waals surface area contributed by atoms with E-state index in [0.29, 0.717) is 18.5 Å². The molecule has 1 rings (SSSR count). The molecule has 0 saturated carbocycles. The first kappa shape index (κ1) is 14.5. The molecule has 2 unspecified atom stereocenters. The normalized spacial score (nSPS) is 13.9. The van der Waals surface area contributed by atoms with E-state index >= 15 is 0 Å². The molecule has 0 radical (unpaired) electrons. The lowest BCUT2D eigenvalue weighted by Gasteiger charge is -2.21. The zero-order chi connectivity index (χ0) is 13.5. The maximum absolute atomic E-state index is 10.2. The van der Waals surface area contributed by atoms with Gasteiger partial charge >= 0.3 is 0 Å². The van der Waals surface area contributed by atoms with Gasteiger partial charge in [-0.3, -0.25) is 0 Å². The Morgan fingerprint density at radius 2 is 2.06 bits per heavy atom. The van der Waals surface area contributed by atoms with E-state index in [4.69, 9.17) is 0 Å². The van der Waals surface area contributed by atoms with E-state index in [9.17, 15) is 10.2 Å². The van der Waals surface area contributed by atoms with E-state index in [-0.39, 0.29) is 11.8 Å². The zero-order valence-corrected chi connectivity index (χ0v) is 10.8. The number of aliphatic hydroxyl groups is 1. The number of rotatable bonds is 7. The van der Waals surface area contributed by atoms with Gasteiger partial charge < -0.3 is 15.5 Å². The van der Waals surface area contributed by atoms with Crippen molar-refractivity contribution in [1.29, 1.82) is 0 Å². The van der Waals surface area contributed by atoms with E-state index < -0.39 is 6.10 Å². The van der Waals surface area contributed by atoms with Gasteiger partial charge in [-0.25, -0.2) is 0 Å². The van der Waals surface area contributed by atoms with Crippen molar-refractivity contribution in [2.24, 2.45) is 0 Å². The van der Waals surface area contributed by atoms with Gasteiger partial charge in [0.1, 0.15) is 5.75 Å². The largest absolute Gasteiger partial charge is 0.507 e. The molecule has 0 saturated heterocycles. The van der Waals surface area contributed by atoms with Gasteiger partial charge in [-0.1, -0.05) is 30.4 Å². The second-order valence-electron chi connectivity index (χ2n) is 4.28. The van der Waals surface area contributed by atoms with Crippen LogP contribution in [-0.2, 0) is 6.42 Å². The summed E-state index contributed by atoms with van der Waals surface area (Å²) in [5.41, 5.74) is 1.32. The van der Waals surface area contributed by atoms with Crippen LogP contribution in [0.1, 0.15) is 24.2 Å². The molecule has 98 valence electrons. The molecule has 0 aliphatic carbocycles. The summed E-state index contributed by atoms with van der Waals surface area (Å²) in [5.74, 6) is 0.150. The Kier molecular flexibility index (Phi) is 5.62. The highest BCUT2D eigenvalue weighted by Gasteiger charge is 2.19. The molecule has 1 aromatic rings. The second-order valence-corrected chi connectivity index (χ2v) is 4.28. The van der Waals surface area contributed by atoms with Crippen LogP contribution >= 0.6 is 0 Å². The second kappa shape index (κ2) is 6.99. The summed E-state index contributed by atoms with van der Waals surface area (Å²) in [4.78, 5) is 0. The average Bonchev–Trinajstić information content (AvgIpc) is 2.38. The molecule has 0 amide bonds. The van der Waals surface area contributed by atoms with E-state index in [1.807, 2.05) is 19.1 Å². The Bertz CT molecular complexity index is 415. The van der Waals surface area contributed by atoms with Crippen LogP contribution in [0.2, 0.25) is 0 Å². The van der Waals surface area contributed by atoms with E-state index in [1.54, 1.807) is 18.2 Å². The van der Waals surface area contributed by atoms with Gasteiger partial charge in [0.05, 0.1) is 6.10 Å². The molecular formula is C15H21NO2. The molecule has 0 spiro atoms. The highest BCUT2D eigenvalue weighted by Crippen LogP contribution is 2.30. The zero-order valence-electron chi connectivity index (χ0n) is 10.8. The molecule has 0 fully saturated rings. The first-order valence-corrected chi connectivity index (χ1v) is 6.05. The number of allylic oxidation sites excluding steroid dienone is 1. The topological polar surface area (TPSA) is 52.5 Å². The van der Waals surface area contributed by atoms with Crippen LogP contribution < -0.4 is 5.32 Å². The molecule has 3 N–H and O–H groups in total. The van der Waals surface area contributed by atoms with Gasteiger partial charge in [-0.15, -0.1) is 13.2 Å². The van der Waals surface area contributed by atoms with Crippen molar-refractivity contribution in [3.63, 3.8) is 0 Å². The van der Waals surface area contributed by atoms with Crippen LogP contribution in [0.25, 0.3) is 0 Å². The summed E-state index contributed by atoms with van der Waals surface area (Å²) in [6.07, 6.45) is 3.29. The summed E-state index contributed by atoms with van der Waals surface area (Å²) in [5, 5.41) is 23.4. The summed E-state index contributed by atoms with van der Waals surface area (Å²) >= 11 is 0. The van der Waals surface area contributed by atoms with Gasteiger partial charge in [0.25, 0.3) is 0 Å². The molecule has 2 atom stereocenters. The van der Waals surface area contributed by atoms with Crippen LogP contribution in [0.5, 0.6) is 5.75 Å². The summed E-state index contributed by atoms with van der Waals surface area (Å²) in [6.45, 7) is 9.75. The minimum Gasteiger partial charge on any atom is -0.507 e. The Hall–Kier alpha value is -1.58. The molecule has 3 nitrogen and oxygen atoms in total. The Labute approximate surface area is 108 Å². The van der Waals surface area contributed by atoms with E-state index in [2.05, 4.69) is 18.5 Å². The standard InChI is InChI=1S/C15H21NO2/c1-4-7-12-8-6-9-13(15(12)18)14(17)11(3)16-10-5-2/h4-6,8-9,11,14,16-18H,1-2,7,10H2,3H3. The van der Waals surface area contributed by atoms with Gasteiger partial charge in [-0.2, -0.15) is 0 Å². The van der Waals surface area contributed by atoms with Crippen molar-refractivity contribution in [3.05, 3.63) is 54.6 Å². The number of aliphatic hydroxyl groups excluding tert-OH is 1. The van der Waals surface area contributed by atoms with Crippen molar-refractivity contribution in [2.45, 2.75) is 25.5 Å². The van der Waals surface area contributed by atoms with E-state index in [1.165, 1.54) is 0 Å². The molecule has 0 bridgehead atoms. The van der Waals surface area contributed by atoms with Crippen LogP contribution in [0.4, 0.5) is 0 Å². The highest BCUT2D eigenvalue weighted by molar-refractivity contribution is 5.43. The number of phenolic OH excluding ortho intramolecular Hbond substituents is 1. The number of benzene rings is 1. The molecule has 18 heavy (non-hydrogen) atoms. The van der Waals surface area contributed by atoms with Gasteiger partial charge in [0.15, 0.2) is 0 Å². The third-order valence-electron chi connectivity index (χ3n) is 2.89. The molecule has 0 aromatic heterocycles. The number of phenols is 1. The smallest absolute Gasteiger partial charge is 0.124 e. The SMILES string of the molecule is C=CCNC(C)C(O)c1cccc(CC=C)c1O. The number of nitrogens with one attached hydrogen (secondary N) is 1. The predicted molar refractivity (Wildman–Crippen MR) is 74.6 cm³/mol. The fourth-order valence-corrected chi connectivity index (χ4v) is 1.82. The maximum atomic E-state index is 10.2. The van der Waals surface area contributed by atoms with Crippen LogP contribution in [0, 0.1) is 0 Å². The first-order valence-electron chi connectivity index (χ1n) is 6.05. The van der Waals surface area contributed by atoms with Crippen molar-refractivity contribution in [1.82, 2.24) is 5.32 Å². The van der Waals surface area contributed by atoms with Crippen LogP contribution in [0.3, 0.4) is 0 Å². The van der Waals surface area contributed by atoms with Crippen LogP contribution in [0.15, 0.2) is 43.5 Å². The molecule has 3 heteroatoms. The molecule has 0 heterocycles. The first-order chi connectivity index (χ1) is 8.61. The fourth-order valence-electron chi connectivity index (χ4n) is 1.82. The van der Waals surface area contributed by atoms with E-state index in [0.717, 1.165) is 5.56 Å². The summed E-state index contributed by atoms with van der Waals surface area (Å²) in [7, 11) is 0. The maximum Gasteiger partial charge on any atom is 0.124 e. The van der Waals surface area contributed by atoms with Gasteiger partial charge in [0.2, 0.25) is 0 Å². The summed E-state index contributed by atoms with van der Waals surface area (Å²) in [6, 6.07) is 5.23. The van der Waals surface area contributed by atoms with Crippen LogP contribution in [-0.4, -0.2) is 22.8 Å². The lowest BCUT2D eigenvalue weighted by molar-refractivity contribution is 0.135. The molecular weight excluding hydrogens is 226 g/mol. The number of hydrogen-bond acceptors (Lipinski definition) is 3. The lowest BCUT2D eigenvalue weighted by Crippen LogP contribution is -2.32. The minimum atomic E-state index is -0.755. The van der Waals surface area contributed by atoms with Gasteiger partial charge in [0, 0.05) is 18.2 Å². The third-order valence-corrected chi connectivity index (χ3v) is 2.89. The van der Waals surface area contributed by atoms with Gasteiger partial charge in [-0.05, 0) is 18.9 Å².